The molecule has 1 amide bonds. The lowest BCUT2D eigenvalue weighted by atomic mass is 10.3. The fourth-order valence-corrected chi connectivity index (χ4v) is 2.33. The van der Waals surface area contributed by atoms with E-state index in [0.29, 0.717) is 17.2 Å². The number of anilines is 1. The van der Waals surface area contributed by atoms with E-state index in [4.69, 9.17) is 4.42 Å². The van der Waals surface area contributed by atoms with E-state index < -0.39 is 0 Å². The molecule has 0 spiro atoms. The zero-order valence-electron chi connectivity index (χ0n) is 13.0. The fraction of sp³-hybridized carbons (Fsp3) is 0. The molecule has 0 aliphatic rings. The molecule has 7 nitrogen and oxygen atoms in total. The van der Waals surface area contributed by atoms with Crippen LogP contribution in [0.25, 0.3) is 22.9 Å². The smallest absolute Gasteiger partial charge is 0.248 e. The summed E-state index contributed by atoms with van der Waals surface area (Å²) in [7, 11) is 0. The van der Waals surface area contributed by atoms with Crippen LogP contribution in [0.1, 0.15) is 5.89 Å². The number of amides is 1. The molecule has 0 atom stereocenters. The molecule has 2 aromatic carbocycles. The molecular formula is C18H13N5O2. The summed E-state index contributed by atoms with van der Waals surface area (Å²) in [6.07, 6.45) is 6.00. The summed E-state index contributed by atoms with van der Waals surface area (Å²) >= 11 is 0. The Labute approximate surface area is 142 Å². The third-order valence-electron chi connectivity index (χ3n) is 3.51. The normalized spacial score (nSPS) is 11.2. The van der Waals surface area contributed by atoms with E-state index in [0.717, 1.165) is 11.2 Å². The molecule has 0 radical (unpaired) electrons. The maximum Gasteiger partial charge on any atom is 0.248 e. The lowest BCUT2D eigenvalue weighted by Gasteiger charge is -2.04. The maximum atomic E-state index is 12.0. The first-order valence-electron chi connectivity index (χ1n) is 7.58. The zero-order valence-corrected chi connectivity index (χ0v) is 13.0. The van der Waals surface area contributed by atoms with Gasteiger partial charge >= 0.3 is 0 Å². The van der Waals surface area contributed by atoms with E-state index in [1.54, 1.807) is 29.2 Å². The topological polar surface area (TPSA) is 85.8 Å². The summed E-state index contributed by atoms with van der Waals surface area (Å²) in [5, 5.41) is 6.83. The predicted octanol–water partition coefficient (Wildman–Crippen LogP) is 3.06. The Kier molecular flexibility index (Phi) is 3.80. The van der Waals surface area contributed by atoms with Crippen LogP contribution in [0.2, 0.25) is 0 Å². The van der Waals surface area contributed by atoms with Crippen molar-refractivity contribution in [2.45, 2.75) is 0 Å². The molecule has 25 heavy (non-hydrogen) atoms. The highest BCUT2D eigenvalue weighted by atomic mass is 16.3. The Bertz CT molecular complexity index is 1000. The minimum atomic E-state index is -0.268. The molecule has 1 N–H and O–H groups in total. The highest BCUT2D eigenvalue weighted by Crippen LogP contribution is 2.16. The van der Waals surface area contributed by atoms with Gasteiger partial charge in [0.1, 0.15) is 18.2 Å². The number of nitrogens with zero attached hydrogens (tertiary/aromatic N) is 4. The molecule has 7 heteroatoms. The number of nitrogens with one attached hydrogen (secondary N) is 1. The van der Waals surface area contributed by atoms with Crippen molar-refractivity contribution < 1.29 is 9.21 Å². The summed E-state index contributed by atoms with van der Waals surface area (Å²) in [4.78, 5) is 20.2. The van der Waals surface area contributed by atoms with E-state index in [9.17, 15) is 4.79 Å². The standard InChI is InChI=1S/C18H13N5O2/c24-17(9-10-18-22-15-3-1-2-4-16(15)25-18)21-13-5-7-14(8-6-13)23-12-19-11-20-23/h1-12H,(H,21,24)/b10-9+. The summed E-state index contributed by atoms with van der Waals surface area (Å²) in [6, 6.07) is 14.7. The lowest BCUT2D eigenvalue weighted by molar-refractivity contribution is -0.111. The average Bonchev–Trinajstić information content (AvgIpc) is 3.30. The molecule has 0 aliphatic heterocycles. The number of para-hydroxylation sites is 2. The van der Waals surface area contributed by atoms with Gasteiger partial charge in [-0.15, -0.1) is 0 Å². The van der Waals surface area contributed by atoms with Crippen molar-refractivity contribution in [2.24, 2.45) is 0 Å². The van der Waals surface area contributed by atoms with Crippen molar-refractivity contribution in [3.05, 3.63) is 73.2 Å². The quantitative estimate of drug-likeness (QED) is 0.581. The molecule has 122 valence electrons. The van der Waals surface area contributed by atoms with E-state index in [1.165, 1.54) is 12.4 Å². The molecule has 0 bridgehead atoms. The van der Waals surface area contributed by atoms with Gasteiger partial charge in [0.15, 0.2) is 5.58 Å². The Morgan fingerprint density at radius 2 is 1.96 bits per heavy atom. The predicted molar refractivity (Wildman–Crippen MR) is 93.0 cm³/mol. The SMILES string of the molecule is O=C(/C=C/c1nc2ccccc2o1)Nc1ccc(-n2cncn2)cc1. The molecule has 0 unspecified atom stereocenters. The van der Waals surface area contributed by atoms with Gasteiger partial charge in [-0.1, -0.05) is 12.1 Å². The van der Waals surface area contributed by atoms with Gasteiger partial charge in [-0.05, 0) is 36.4 Å². The summed E-state index contributed by atoms with van der Waals surface area (Å²) in [5.74, 6) is 0.119. The van der Waals surface area contributed by atoms with E-state index >= 15 is 0 Å². The summed E-state index contributed by atoms with van der Waals surface area (Å²) < 4.78 is 7.17. The Morgan fingerprint density at radius 3 is 2.72 bits per heavy atom. The number of oxazole rings is 1. The van der Waals surface area contributed by atoms with Gasteiger partial charge in [0, 0.05) is 17.8 Å². The van der Waals surface area contributed by atoms with Gasteiger partial charge in [-0.25, -0.2) is 14.6 Å². The first-order chi connectivity index (χ1) is 12.3. The van der Waals surface area contributed by atoms with Gasteiger partial charge in [0.25, 0.3) is 0 Å². The molecule has 0 saturated heterocycles. The van der Waals surface area contributed by atoms with E-state index in [2.05, 4.69) is 20.4 Å². The summed E-state index contributed by atoms with van der Waals surface area (Å²) in [5.41, 5.74) is 2.98. The van der Waals surface area contributed by atoms with Crippen LogP contribution in [0.3, 0.4) is 0 Å². The van der Waals surface area contributed by atoms with Crippen molar-refractivity contribution in [3.63, 3.8) is 0 Å². The first kappa shape index (κ1) is 14.8. The minimum Gasteiger partial charge on any atom is -0.437 e. The van der Waals surface area contributed by atoms with Crippen LogP contribution in [0.4, 0.5) is 5.69 Å². The van der Waals surface area contributed by atoms with Crippen LogP contribution < -0.4 is 5.32 Å². The van der Waals surface area contributed by atoms with Crippen molar-refractivity contribution in [1.29, 1.82) is 0 Å². The van der Waals surface area contributed by atoms with Gasteiger partial charge in [0.05, 0.1) is 5.69 Å². The van der Waals surface area contributed by atoms with E-state index in [-0.39, 0.29) is 5.91 Å². The second-order valence-electron chi connectivity index (χ2n) is 5.23. The molecule has 4 rings (SSSR count). The number of hydrogen-bond donors (Lipinski definition) is 1. The monoisotopic (exact) mass is 331 g/mol. The molecule has 0 aliphatic carbocycles. The van der Waals surface area contributed by atoms with Crippen LogP contribution in [0.5, 0.6) is 0 Å². The molecule has 0 fully saturated rings. The largest absolute Gasteiger partial charge is 0.437 e. The number of hydrogen-bond acceptors (Lipinski definition) is 5. The van der Waals surface area contributed by atoms with Crippen molar-refractivity contribution in [2.75, 3.05) is 5.32 Å². The molecule has 4 aromatic rings. The third-order valence-corrected chi connectivity index (χ3v) is 3.51. The highest BCUT2D eigenvalue weighted by Gasteiger charge is 2.03. The third kappa shape index (κ3) is 3.30. The second kappa shape index (κ2) is 6.40. The molecule has 2 aromatic heterocycles. The lowest BCUT2D eigenvalue weighted by Crippen LogP contribution is -2.07. The molecule has 2 heterocycles. The number of aromatic nitrogens is 4. The van der Waals surface area contributed by atoms with E-state index in [1.807, 2.05) is 36.4 Å². The molecular weight excluding hydrogens is 318 g/mol. The van der Waals surface area contributed by atoms with Crippen LogP contribution in [0, 0.1) is 0 Å². The van der Waals surface area contributed by atoms with Crippen molar-refractivity contribution in [3.8, 4) is 5.69 Å². The summed E-state index contributed by atoms with van der Waals surface area (Å²) in [6.45, 7) is 0. The first-order valence-corrected chi connectivity index (χ1v) is 7.58. The Morgan fingerprint density at radius 1 is 1.12 bits per heavy atom. The van der Waals surface area contributed by atoms with Crippen molar-refractivity contribution >= 4 is 28.8 Å². The van der Waals surface area contributed by atoms with Crippen LogP contribution in [0.15, 0.2) is 71.7 Å². The van der Waals surface area contributed by atoms with Crippen LogP contribution >= 0.6 is 0 Å². The highest BCUT2D eigenvalue weighted by molar-refractivity contribution is 6.01. The van der Waals surface area contributed by atoms with Crippen LogP contribution in [-0.2, 0) is 4.79 Å². The Balaban J connectivity index is 1.43. The number of fused-ring (bicyclic) bond motifs is 1. The Hall–Kier alpha value is -3.74. The van der Waals surface area contributed by atoms with Gasteiger partial charge in [0.2, 0.25) is 11.8 Å². The number of rotatable bonds is 4. The van der Waals surface area contributed by atoms with Gasteiger partial charge < -0.3 is 9.73 Å². The van der Waals surface area contributed by atoms with Gasteiger partial charge in [-0.3, -0.25) is 4.79 Å². The molecule has 0 saturated carbocycles. The number of carbonyl (C=O) groups excluding carboxylic acids is 1. The second-order valence-corrected chi connectivity index (χ2v) is 5.23. The maximum absolute atomic E-state index is 12.0. The minimum absolute atomic E-state index is 0.268. The fourth-order valence-electron chi connectivity index (χ4n) is 2.33. The number of carbonyl (C=O) groups is 1. The number of benzene rings is 2. The van der Waals surface area contributed by atoms with Crippen LogP contribution in [-0.4, -0.2) is 25.7 Å². The average molecular weight is 331 g/mol. The van der Waals surface area contributed by atoms with Crippen molar-refractivity contribution in [1.82, 2.24) is 19.7 Å². The van der Waals surface area contributed by atoms with Gasteiger partial charge in [-0.2, -0.15) is 5.10 Å². The zero-order chi connectivity index (χ0) is 17.1.